The number of hydrogen-bond acceptors (Lipinski definition) is 5. The van der Waals surface area contributed by atoms with Gasteiger partial charge in [0.15, 0.2) is 0 Å². The van der Waals surface area contributed by atoms with Crippen molar-refractivity contribution in [3.8, 4) is 17.0 Å². The van der Waals surface area contributed by atoms with E-state index >= 15 is 0 Å². The largest absolute Gasteiger partial charge is 0.490 e. The number of hydrogen-bond donors (Lipinski definition) is 1. The van der Waals surface area contributed by atoms with Gasteiger partial charge in [0.1, 0.15) is 11.6 Å². The molecule has 0 radical (unpaired) electrons. The van der Waals surface area contributed by atoms with Crippen LogP contribution in [0.5, 0.6) is 5.75 Å². The fraction of sp³-hybridized carbons (Fsp3) is 0.267. The standard InChI is InChI=1S/C15H15N3O3/c1-16-15-9-11(18(19)20)8-14(17-15)10-2-4-12(5-3-10)21-13-6-7-13/h2-5,8-9,13H,6-7H2,1H3,(H,16,17). The number of pyridine rings is 1. The Morgan fingerprint density at radius 2 is 2.00 bits per heavy atom. The highest BCUT2D eigenvalue weighted by Gasteiger charge is 2.23. The van der Waals surface area contributed by atoms with Gasteiger partial charge in [-0.2, -0.15) is 0 Å². The Balaban J connectivity index is 1.90. The lowest BCUT2D eigenvalue weighted by molar-refractivity contribution is -0.384. The summed E-state index contributed by atoms with van der Waals surface area (Å²) in [4.78, 5) is 14.9. The summed E-state index contributed by atoms with van der Waals surface area (Å²) in [5, 5.41) is 13.8. The van der Waals surface area contributed by atoms with Crippen LogP contribution in [0, 0.1) is 10.1 Å². The van der Waals surface area contributed by atoms with Gasteiger partial charge in [-0.3, -0.25) is 10.1 Å². The molecular formula is C15H15N3O3. The van der Waals surface area contributed by atoms with Crippen molar-refractivity contribution in [3.63, 3.8) is 0 Å². The first-order valence-corrected chi connectivity index (χ1v) is 6.77. The molecule has 1 N–H and O–H groups in total. The molecule has 0 saturated heterocycles. The van der Waals surface area contributed by atoms with Gasteiger partial charge in [0, 0.05) is 18.7 Å². The number of nitro groups is 1. The molecule has 0 spiro atoms. The molecule has 0 amide bonds. The Hall–Kier alpha value is -2.63. The van der Waals surface area contributed by atoms with E-state index in [4.69, 9.17) is 4.74 Å². The van der Waals surface area contributed by atoms with Gasteiger partial charge < -0.3 is 10.1 Å². The number of nitrogens with zero attached hydrogens (tertiary/aromatic N) is 2. The minimum atomic E-state index is -0.420. The van der Waals surface area contributed by atoms with Crippen LogP contribution in [-0.2, 0) is 0 Å². The second kappa shape index (κ2) is 5.40. The summed E-state index contributed by atoms with van der Waals surface area (Å²) in [7, 11) is 1.68. The van der Waals surface area contributed by atoms with E-state index in [9.17, 15) is 10.1 Å². The van der Waals surface area contributed by atoms with E-state index in [2.05, 4.69) is 10.3 Å². The molecular weight excluding hydrogens is 270 g/mol. The van der Waals surface area contributed by atoms with Crippen molar-refractivity contribution in [1.29, 1.82) is 0 Å². The molecule has 1 saturated carbocycles. The maximum atomic E-state index is 11.0. The van der Waals surface area contributed by atoms with E-state index in [0.717, 1.165) is 24.2 Å². The summed E-state index contributed by atoms with van der Waals surface area (Å²) in [6, 6.07) is 10.3. The molecule has 0 aliphatic heterocycles. The summed E-state index contributed by atoms with van der Waals surface area (Å²) >= 11 is 0. The van der Waals surface area contributed by atoms with Crippen molar-refractivity contribution >= 4 is 11.5 Å². The second-order valence-corrected chi connectivity index (χ2v) is 4.94. The maximum absolute atomic E-state index is 11.0. The second-order valence-electron chi connectivity index (χ2n) is 4.94. The summed E-state index contributed by atoms with van der Waals surface area (Å²) in [6.07, 6.45) is 2.57. The average molecular weight is 285 g/mol. The van der Waals surface area contributed by atoms with Crippen molar-refractivity contribution in [2.45, 2.75) is 18.9 Å². The Morgan fingerprint density at radius 1 is 1.29 bits per heavy atom. The number of benzene rings is 1. The zero-order valence-corrected chi connectivity index (χ0v) is 11.6. The van der Waals surface area contributed by atoms with Gasteiger partial charge in [-0.1, -0.05) is 0 Å². The number of aromatic nitrogens is 1. The van der Waals surface area contributed by atoms with Crippen LogP contribution in [0.3, 0.4) is 0 Å². The van der Waals surface area contributed by atoms with Crippen LogP contribution in [0.25, 0.3) is 11.3 Å². The molecule has 3 rings (SSSR count). The number of rotatable bonds is 5. The summed E-state index contributed by atoms with van der Waals surface area (Å²) in [5.74, 6) is 1.29. The predicted octanol–water partition coefficient (Wildman–Crippen LogP) is 3.24. The third kappa shape index (κ3) is 3.10. The predicted molar refractivity (Wildman–Crippen MR) is 79.5 cm³/mol. The first-order chi connectivity index (χ1) is 10.2. The van der Waals surface area contributed by atoms with Crippen LogP contribution < -0.4 is 10.1 Å². The summed E-state index contributed by atoms with van der Waals surface area (Å²) in [5.41, 5.74) is 1.40. The van der Waals surface area contributed by atoms with Crippen molar-refractivity contribution < 1.29 is 9.66 Å². The van der Waals surface area contributed by atoms with Crippen molar-refractivity contribution in [2.75, 3.05) is 12.4 Å². The lowest BCUT2D eigenvalue weighted by atomic mass is 10.1. The maximum Gasteiger partial charge on any atom is 0.275 e. The van der Waals surface area contributed by atoms with Gasteiger partial charge in [-0.25, -0.2) is 4.98 Å². The van der Waals surface area contributed by atoms with Crippen LogP contribution in [-0.4, -0.2) is 23.1 Å². The molecule has 1 aliphatic carbocycles. The van der Waals surface area contributed by atoms with Crippen LogP contribution in [0.1, 0.15) is 12.8 Å². The van der Waals surface area contributed by atoms with Crippen LogP contribution in [0.15, 0.2) is 36.4 Å². The zero-order valence-electron chi connectivity index (χ0n) is 11.6. The molecule has 1 fully saturated rings. The van der Waals surface area contributed by atoms with Gasteiger partial charge in [-0.15, -0.1) is 0 Å². The normalized spacial score (nSPS) is 13.8. The highest BCUT2D eigenvalue weighted by molar-refractivity contribution is 5.65. The van der Waals surface area contributed by atoms with Crippen LogP contribution in [0.2, 0.25) is 0 Å². The van der Waals surface area contributed by atoms with E-state index in [-0.39, 0.29) is 5.69 Å². The lowest BCUT2D eigenvalue weighted by Crippen LogP contribution is -1.98. The van der Waals surface area contributed by atoms with Crippen LogP contribution >= 0.6 is 0 Å². The van der Waals surface area contributed by atoms with E-state index in [1.54, 1.807) is 7.05 Å². The van der Waals surface area contributed by atoms with Crippen molar-refractivity contribution in [2.24, 2.45) is 0 Å². The third-order valence-electron chi connectivity index (χ3n) is 3.25. The highest BCUT2D eigenvalue weighted by Crippen LogP contribution is 2.29. The molecule has 0 unspecified atom stereocenters. The summed E-state index contributed by atoms with van der Waals surface area (Å²) in [6.45, 7) is 0. The molecule has 2 aromatic rings. The molecule has 6 heteroatoms. The zero-order chi connectivity index (χ0) is 14.8. The molecule has 1 aliphatic rings. The van der Waals surface area contributed by atoms with Gasteiger partial charge in [0.25, 0.3) is 5.69 Å². The van der Waals surface area contributed by atoms with E-state index < -0.39 is 4.92 Å². The van der Waals surface area contributed by atoms with Gasteiger partial charge in [-0.05, 0) is 37.1 Å². The van der Waals surface area contributed by atoms with E-state index in [0.29, 0.717) is 17.6 Å². The van der Waals surface area contributed by atoms with Crippen molar-refractivity contribution in [1.82, 2.24) is 4.98 Å². The monoisotopic (exact) mass is 285 g/mol. The Kier molecular flexibility index (Phi) is 3.43. The SMILES string of the molecule is CNc1cc([N+](=O)[O-])cc(-c2ccc(OC3CC3)cc2)n1. The summed E-state index contributed by atoms with van der Waals surface area (Å²) < 4.78 is 5.68. The Morgan fingerprint density at radius 3 is 2.57 bits per heavy atom. The molecule has 0 bridgehead atoms. The first kappa shape index (κ1) is 13.4. The minimum Gasteiger partial charge on any atom is -0.490 e. The molecule has 1 aromatic heterocycles. The van der Waals surface area contributed by atoms with Crippen LogP contribution in [0.4, 0.5) is 11.5 Å². The first-order valence-electron chi connectivity index (χ1n) is 6.77. The minimum absolute atomic E-state index is 0.0163. The molecule has 0 atom stereocenters. The third-order valence-corrected chi connectivity index (χ3v) is 3.25. The Labute approximate surface area is 121 Å². The number of ether oxygens (including phenoxy) is 1. The quantitative estimate of drug-likeness (QED) is 0.674. The molecule has 108 valence electrons. The topological polar surface area (TPSA) is 77.3 Å². The van der Waals surface area contributed by atoms with Gasteiger partial charge in [0.05, 0.1) is 22.8 Å². The number of anilines is 1. The molecule has 6 nitrogen and oxygen atoms in total. The highest BCUT2D eigenvalue weighted by atomic mass is 16.6. The number of nitrogens with one attached hydrogen (secondary N) is 1. The van der Waals surface area contributed by atoms with Gasteiger partial charge >= 0.3 is 0 Å². The van der Waals surface area contributed by atoms with Crippen molar-refractivity contribution in [3.05, 3.63) is 46.5 Å². The lowest BCUT2D eigenvalue weighted by Gasteiger charge is -2.07. The molecule has 1 heterocycles. The fourth-order valence-corrected chi connectivity index (χ4v) is 1.98. The van der Waals surface area contributed by atoms with E-state index in [1.165, 1.54) is 12.1 Å². The fourth-order valence-electron chi connectivity index (χ4n) is 1.98. The average Bonchev–Trinajstić information content (AvgIpc) is 3.31. The molecule has 21 heavy (non-hydrogen) atoms. The Bertz CT molecular complexity index is 666. The smallest absolute Gasteiger partial charge is 0.275 e. The van der Waals surface area contributed by atoms with Gasteiger partial charge in [0.2, 0.25) is 0 Å². The van der Waals surface area contributed by atoms with E-state index in [1.807, 2.05) is 24.3 Å². The molecule has 1 aromatic carbocycles.